The van der Waals surface area contributed by atoms with Crippen molar-refractivity contribution in [1.29, 1.82) is 0 Å². The average Bonchev–Trinajstić information content (AvgIpc) is 2.11. The second-order valence-corrected chi connectivity index (χ2v) is 9.68. The molecule has 0 saturated heterocycles. The lowest BCUT2D eigenvalue weighted by atomic mass is 10.4. The number of esters is 1. The van der Waals surface area contributed by atoms with Crippen LogP contribution >= 0.6 is 11.1 Å². The summed E-state index contributed by atoms with van der Waals surface area (Å²) >= 11 is 6.24. The Morgan fingerprint density at radius 2 is 2.31 bits per heavy atom. The van der Waals surface area contributed by atoms with Gasteiger partial charge in [0.25, 0.3) is 0 Å². The van der Waals surface area contributed by atoms with Gasteiger partial charge in [0.1, 0.15) is 0 Å². The fourth-order valence-corrected chi connectivity index (χ4v) is 3.14. The highest BCUT2D eigenvalue weighted by atomic mass is 35.6. The molecular formula is C9H17ClO2Si. The van der Waals surface area contributed by atoms with Gasteiger partial charge in [0, 0.05) is 6.08 Å². The summed E-state index contributed by atoms with van der Waals surface area (Å²) < 4.78 is 4.93. The fourth-order valence-electron chi connectivity index (χ4n) is 0.898. The summed E-state index contributed by atoms with van der Waals surface area (Å²) in [6, 6.07) is 0.996. The number of ether oxygens (including phenoxy) is 1. The highest BCUT2D eigenvalue weighted by Crippen LogP contribution is 2.18. The van der Waals surface area contributed by atoms with Crippen molar-refractivity contribution in [2.24, 2.45) is 0 Å². The third-order valence-corrected chi connectivity index (χ3v) is 4.77. The predicted octanol–water partition coefficient (Wildman–Crippen LogP) is 2.87. The van der Waals surface area contributed by atoms with Crippen LogP contribution in [0.1, 0.15) is 19.8 Å². The van der Waals surface area contributed by atoms with E-state index >= 15 is 0 Å². The number of unbranched alkanes of at least 4 members (excludes halogenated alkanes) is 1. The van der Waals surface area contributed by atoms with Crippen molar-refractivity contribution in [3.8, 4) is 0 Å². The lowest BCUT2D eigenvalue weighted by Gasteiger charge is -2.17. The smallest absolute Gasteiger partial charge is 0.329 e. The standard InChI is InChI=1S/C9H17ClO2Si/c1-4-6-7-13(3,10)8-12-9(11)5-2/h5H,2,4,6-8H2,1,3H3. The maximum Gasteiger partial charge on any atom is 0.329 e. The first-order chi connectivity index (χ1) is 6.02. The summed E-state index contributed by atoms with van der Waals surface area (Å²) in [5.41, 5.74) is 0. The Hall–Kier alpha value is -0.283. The van der Waals surface area contributed by atoms with Crippen molar-refractivity contribution in [3.63, 3.8) is 0 Å². The molecule has 0 aromatic carbocycles. The zero-order chi connectivity index (χ0) is 10.3. The summed E-state index contributed by atoms with van der Waals surface area (Å²) in [6.07, 6.45) is 3.79. The van der Waals surface area contributed by atoms with E-state index in [1.165, 1.54) is 6.08 Å². The first-order valence-electron chi connectivity index (χ1n) is 4.50. The summed E-state index contributed by atoms with van der Waals surface area (Å²) in [5, 5.41) is 0. The van der Waals surface area contributed by atoms with Crippen molar-refractivity contribution < 1.29 is 9.53 Å². The molecule has 0 amide bonds. The van der Waals surface area contributed by atoms with E-state index in [0.717, 1.165) is 18.9 Å². The summed E-state index contributed by atoms with van der Waals surface area (Å²) in [5.74, 6) is -0.379. The molecule has 4 heteroatoms. The normalized spacial score (nSPS) is 14.7. The van der Waals surface area contributed by atoms with Gasteiger partial charge in [-0.1, -0.05) is 32.9 Å². The number of halogens is 1. The van der Waals surface area contributed by atoms with Crippen molar-refractivity contribution in [2.45, 2.75) is 32.4 Å². The van der Waals surface area contributed by atoms with E-state index in [2.05, 4.69) is 13.5 Å². The lowest BCUT2D eigenvalue weighted by Crippen LogP contribution is -2.30. The molecule has 0 rings (SSSR count). The minimum Gasteiger partial charge on any atom is -0.465 e. The van der Waals surface area contributed by atoms with Gasteiger partial charge in [0.15, 0.2) is 7.38 Å². The van der Waals surface area contributed by atoms with Gasteiger partial charge in [0.05, 0.1) is 6.23 Å². The lowest BCUT2D eigenvalue weighted by molar-refractivity contribution is -0.135. The highest BCUT2D eigenvalue weighted by Gasteiger charge is 2.25. The average molecular weight is 221 g/mol. The van der Waals surface area contributed by atoms with E-state index in [1.807, 2.05) is 6.55 Å². The Bertz CT molecular complexity index is 180. The number of rotatable bonds is 6. The minimum absolute atomic E-state index is 0.379. The van der Waals surface area contributed by atoms with E-state index in [0.29, 0.717) is 6.23 Å². The molecule has 2 nitrogen and oxygen atoms in total. The van der Waals surface area contributed by atoms with Crippen molar-refractivity contribution in [1.82, 2.24) is 0 Å². The monoisotopic (exact) mass is 220 g/mol. The highest BCUT2D eigenvalue weighted by molar-refractivity contribution is 7.19. The van der Waals surface area contributed by atoms with E-state index in [9.17, 15) is 4.79 Å². The van der Waals surface area contributed by atoms with Gasteiger partial charge in [-0.05, 0) is 6.04 Å². The first kappa shape index (κ1) is 12.7. The van der Waals surface area contributed by atoms with E-state index in [-0.39, 0.29) is 5.97 Å². The number of hydrogen-bond donors (Lipinski definition) is 0. The zero-order valence-electron chi connectivity index (χ0n) is 8.31. The Balaban J connectivity index is 3.74. The minimum atomic E-state index is -1.82. The third-order valence-electron chi connectivity index (χ3n) is 1.73. The maximum absolute atomic E-state index is 10.8. The second-order valence-electron chi connectivity index (χ2n) is 3.33. The number of hydrogen-bond acceptors (Lipinski definition) is 2. The molecule has 0 saturated carbocycles. The molecule has 0 aliphatic heterocycles. The topological polar surface area (TPSA) is 26.3 Å². The molecule has 0 aromatic rings. The second kappa shape index (κ2) is 6.21. The van der Waals surface area contributed by atoms with Crippen LogP contribution in [0, 0.1) is 0 Å². The molecule has 0 heterocycles. The molecule has 0 aliphatic carbocycles. The van der Waals surface area contributed by atoms with E-state index in [4.69, 9.17) is 15.8 Å². The molecule has 0 fully saturated rings. The van der Waals surface area contributed by atoms with Gasteiger partial charge >= 0.3 is 5.97 Å². The van der Waals surface area contributed by atoms with Crippen LogP contribution in [0.3, 0.4) is 0 Å². The quantitative estimate of drug-likeness (QED) is 0.298. The van der Waals surface area contributed by atoms with Crippen LogP contribution in [0.15, 0.2) is 12.7 Å². The van der Waals surface area contributed by atoms with E-state index in [1.54, 1.807) is 0 Å². The Kier molecular flexibility index (Phi) is 6.08. The fraction of sp³-hybridized carbons (Fsp3) is 0.667. The van der Waals surface area contributed by atoms with Gasteiger partial charge in [-0.3, -0.25) is 0 Å². The zero-order valence-corrected chi connectivity index (χ0v) is 10.1. The summed E-state index contributed by atoms with van der Waals surface area (Å²) in [6.45, 7) is 7.46. The third kappa shape index (κ3) is 6.84. The molecular weight excluding hydrogens is 204 g/mol. The van der Waals surface area contributed by atoms with Crippen molar-refractivity contribution in [3.05, 3.63) is 12.7 Å². The Morgan fingerprint density at radius 3 is 2.77 bits per heavy atom. The molecule has 0 N–H and O–H groups in total. The van der Waals surface area contributed by atoms with Gasteiger partial charge < -0.3 is 4.74 Å². The number of carbonyl (C=O) groups is 1. The molecule has 0 aromatic heterocycles. The molecule has 1 atom stereocenters. The van der Waals surface area contributed by atoms with Crippen molar-refractivity contribution in [2.75, 3.05) is 6.23 Å². The SMILES string of the molecule is C=CC(=O)OC[Si](C)(Cl)CCCC. The van der Waals surface area contributed by atoms with Crippen LogP contribution < -0.4 is 0 Å². The molecule has 13 heavy (non-hydrogen) atoms. The molecule has 1 unspecified atom stereocenters. The molecule has 0 spiro atoms. The van der Waals surface area contributed by atoms with Crippen LogP contribution in [0.2, 0.25) is 12.6 Å². The van der Waals surface area contributed by atoms with Gasteiger partial charge in [0.2, 0.25) is 0 Å². The summed E-state index contributed by atoms with van der Waals surface area (Å²) in [7, 11) is -1.82. The van der Waals surface area contributed by atoms with Crippen LogP contribution in [0.5, 0.6) is 0 Å². The molecule has 0 bridgehead atoms. The first-order valence-corrected chi connectivity index (χ1v) is 8.42. The maximum atomic E-state index is 10.8. The van der Waals surface area contributed by atoms with Crippen LogP contribution in [-0.4, -0.2) is 19.6 Å². The van der Waals surface area contributed by atoms with Crippen LogP contribution in [-0.2, 0) is 9.53 Å². The molecule has 0 aliphatic rings. The van der Waals surface area contributed by atoms with Crippen molar-refractivity contribution >= 4 is 24.4 Å². The summed E-state index contributed by atoms with van der Waals surface area (Å²) in [4.78, 5) is 10.8. The molecule has 76 valence electrons. The van der Waals surface area contributed by atoms with Crippen LogP contribution in [0.4, 0.5) is 0 Å². The number of carbonyl (C=O) groups excluding carboxylic acids is 1. The Morgan fingerprint density at radius 1 is 1.69 bits per heavy atom. The Labute approximate surface area is 85.6 Å². The van der Waals surface area contributed by atoms with E-state index < -0.39 is 7.38 Å². The van der Waals surface area contributed by atoms with Gasteiger partial charge in [-0.25, -0.2) is 4.79 Å². The largest absolute Gasteiger partial charge is 0.465 e. The van der Waals surface area contributed by atoms with Gasteiger partial charge in [-0.15, -0.1) is 0 Å². The van der Waals surface area contributed by atoms with Crippen LogP contribution in [0.25, 0.3) is 0 Å². The molecule has 0 radical (unpaired) electrons. The van der Waals surface area contributed by atoms with Gasteiger partial charge in [-0.2, -0.15) is 11.1 Å². The predicted molar refractivity (Wildman–Crippen MR) is 58.3 cm³/mol.